The number of nitrogens with zero attached hydrogens (tertiary/aromatic N) is 1. The van der Waals surface area contributed by atoms with Gasteiger partial charge in [-0.05, 0) is 31.2 Å². The highest BCUT2D eigenvalue weighted by atomic mass is 35.5. The smallest absolute Gasteiger partial charge is 0.315 e. The molecule has 0 saturated carbocycles. The lowest BCUT2D eigenvalue weighted by atomic mass is 10.2. The van der Waals surface area contributed by atoms with Gasteiger partial charge in [0.05, 0.1) is 10.5 Å². The highest BCUT2D eigenvalue weighted by molar-refractivity contribution is 7.89. The van der Waals surface area contributed by atoms with Crippen molar-refractivity contribution in [2.24, 2.45) is 0 Å². The van der Waals surface area contributed by atoms with Gasteiger partial charge in [-0.3, -0.25) is 0 Å². The third kappa shape index (κ3) is 3.70. The van der Waals surface area contributed by atoms with E-state index in [2.05, 4.69) is 5.32 Å². The van der Waals surface area contributed by atoms with Crippen molar-refractivity contribution in [2.75, 3.05) is 20.1 Å². The number of sulfonamides is 1. The van der Waals surface area contributed by atoms with Gasteiger partial charge >= 0.3 is 6.18 Å². The van der Waals surface area contributed by atoms with Crippen LogP contribution in [-0.4, -0.2) is 38.9 Å². The molecule has 1 aliphatic heterocycles. The van der Waals surface area contributed by atoms with Crippen LogP contribution in [0.5, 0.6) is 0 Å². The molecule has 0 bridgehead atoms. The minimum absolute atomic E-state index is 0. The monoisotopic (exact) mass is 362 g/mol. The average molecular weight is 363 g/mol. The zero-order valence-electron chi connectivity index (χ0n) is 11.5. The Bertz CT molecular complexity index is 631. The molecular formula is C12H15ClF4N2O2S. The van der Waals surface area contributed by atoms with E-state index in [0.29, 0.717) is 31.6 Å². The zero-order chi connectivity index (χ0) is 15.8. The summed E-state index contributed by atoms with van der Waals surface area (Å²) in [5.74, 6) is -1.13. The molecule has 0 radical (unpaired) electrons. The molecule has 0 aromatic heterocycles. The Hall–Kier alpha value is -0.900. The van der Waals surface area contributed by atoms with Crippen LogP contribution in [0.1, 0.15) is 12.0 Å². The van der Waals surface area contributed by atoms with Crippen molar-refractivity contribution in [3.05, 3.63) is 29.6 Å². The first-order valence-electron chi connectivity index (χ1n) is 6.19. The molecule has 1 aromatic carbocycles. The first-order valence-corrected chi connectivity index (χ1v) is 7.63. The van der Waals surface area contributed by atoms with E-state index in [0.717, 1.165) is 4.31 Å². The second-order valence-corrected chi connectivity index (χ2v) is 6.77. The lowest BCUT2D eigenvalue weighted by Crippen LogP contribution is -2.39. The van der Waals surface area contributed by atoms with E-state index in [1.165, 1.54) is 7.05 Å². The standard InChI is InChI=1S/C12H14F4N2O2S.ClH/c1-18(9-4-5-17-7-9)21(19,20)11-3-2-8(13)6-10(11)12(14,15)16;/h2-3,6,9,17H,4-5,7H2,1H3;1H. The quantitative estimate of drug-likeness (QED) is 0.839. The van der Waals surface area contributed by atoms with E-state index in [4.69, 9.17) is 0 Å². The Labute approximate surface area is 132 Å². The first-order chi connectivity index (χ1) is 9.64. The van der Waals surface area contributed by atoms with Crippen LogP contribution in [-0.2, 0) is 16.2 Å². The Kier molecular flexibility index (Phi) is 5.82. The second-order valence-electron chi connectivity index (χ2n) is 4.81. The van der Waals surface area contributed by atoms with Gasteiger partial charge in [0.15, 0.2) is 0 Å². The molecule has 1 unspecified atom stereocenters. The summed E-state index contributed by atoms with van der Waals surface area (Å²) < 4.78 is 77.5. The van der Waals surface area contributed by atoms with Crippen LogP contribution in [0.4, 0.5) is 17.6 Å². The molecule has 1 fully saturated rings. The Morgan fingerprint density at radius 2 is 1.95 bits per heavy atom. The van der Waals surface area contributed by atoms with Gasteiger partial charge in [-0.1, -0.05) is 0 Å². The molecule has 0 amide bonds. The van der Waals surface area contributed by atoms with Crippen molar-refractivity contribution in [3.63, 3.8) is 0 Å². The molecule has 2 rings (SSSR count). The number of alkyl halides is 3. The van der Waals surface area contributed by atoms with Crippen molar-refractivity contribution in [3.8, 4) is 0 Å². The molecule has 0 aliphatic carbocycles. The van der Waals surface area contributed by atoms with Gasteiger partial charge < -0.3 is 5.32 Å². The van der Waals surface area contributed by atoms with E-state index >= 15 is 0 Å². The van der Waals surface area contributed by atoms with E-state index in [1.807, 2.05) is 0 Å². The van der Waals surface area contributed by atoms with Crippen LogP contribution in [0.3, 0.4) is 0 Å². The molecule has 0 spiro atoms. The summed E-state index contributed by atoms with van der Waals surface area (Å²) in [6.07, 6.45) is -4.43. The zero-order valence-corrected chi connectivity index (χ0v) is 13.2. The predicted molar refractivity (Wildman–Crippen MR) is 74.9 cm³/mol. The highest BCUT2D eigenvalue weighted by Gasteiger charge is 2.40. The second kappa shape index (κ2) is 6.69. The molecule has 1 heterocycles. The minimum Gasteiger partial charge on any atom is -0.315 e. The van der Waals surface area contributed by atoms with Crippen molar-refractivity contribution in [2.45, 2.75) is 23.5 Å². The van der Waals surface area contributed by atoms with Crippen molar-refractivity contribution in [1.29, 1.82) is 0 Å². The fourth-order valence-corrected chi connectivity index (χ4v) is 3.83. The SMILES string of the molecule is CN(C1CCNC1)S(=O)(=O)c1ccc(F)cc1C(F)(F)F.Cl. The van der Waals surface area contributed by atoms with Crippen LogP contribution in [0, 0.1) is 5.82 Å². The molecule has 1 saturated heterocycles. The number of benzene rings is 1. The largest absolute Gasteiger partial charge is 0.417 e. The van der Waals surface area contributed by atoms with E-state index < -0.39 is 38.5 Å². The molecule has 1 N–H and O–H groups in total. The van der Waals surface area contributed by atoms with Crippen LogP contribution in [0.2, 0.25) is 0 Å². The summed E-state index contributed by atoms with van der Waals surface area (Å²) >= 11 is 0. The number of halogens is 5. The van der Waals surface area contributed by atoms with Gasteiger partial charge in [-0.2, -0.15) is 17.5 Å². The topological polar surface area (TPSA) is 49.4 Å². The normalized spacial score (nSPS) is 19.3. The molecule has 4 nitrogen and oxygen atoms in total. The Balaban J connectivity index is 0.00000242. The van der Waals surface area contributed by atoms with Gasteiger partial charge in [0.1, 0.15) is 5.82 Å². The van der Waals surface area contributed by atoms with E-state index in [9.17, 15) is 26.0 Å². The maximum atomic E-state index is 13.0. The number of likely N-dealkylation sites (N-methyl/N-ethyl adjacent to an activating group) is 1. The number of nitrogens with one attached hydrogen (secondary N) is 1. The van der Waals surface area contributed by atoms with Gasteiger partial charge in [0.25, 0.3) is 0 Å². The fourth-order valence-electron chi connectivity index (χ4n) is 2.25. The number of rotatable bonds is 3. The van der Waals surface area contributed by atoms with Gasteiger partial charge in [0.2, 0.25) is 10.0 Å². The lowest BCUT2D eigenvalue weighted by Gasteiger charge is -2.24. The van der Waals surface area contributed by atoms with Crippen LogP contribution >= 0.6 is 12.4 Å². The number of hydrogen-bond acceptors (Lipinski definition) is 3. The molecule has 1 aromatic rings. The maximum absolute atomic E-state index is 13.0. The number of hydrogen-bond donors (Lipinski definition) is 1. The molecule has 1 aliphatic rings. The Morgan fingerprint density at radius 1 is 1.32 bits per heavy atom. The molecule has 126 valence electrons. The average Bonchev–Trinajstić information content (AvgIpc) is 2.90. The van der Waals surface area contributed by atoms with Crippen molar-refractivity contribution >= 4 is 22.4 Å². The van der Waals surface area contributed by atoms with Crippen molar-refractivity contribution in [1.82, 2.24) is 9.62 Å². The minimum atomic E-state index is -4.95. The lowest BCUT2D eigenvalue weighted by molar-refractivity contribution is -0.140. The summed E-state index contributed by atoms with van der Waals surface area (Å²) in [5.41, 5.74) is -1.49. The highest BCUT2D eigenvalue weighted by Crippen LogP contribution is 2.36. The van der Waals surface area contributed by atoms with Crippen molar-refractivity contribution < 1.29 is 26.0 Å². The first kappa shape index (κ1) is 19.1. The summed E-state index contributed by atoms with van der Waals surface area (Å²) in [7, 11) is -3.11. The van der Waals surface area contributed by atoms with Crippen LogP contribution in [0.15, 0.2) is 23.1 Å². The predicted octanol–water partition coefficient (Wildman–Crippen LogP) is 2.25. The molecule has 10 heteroatoms. The van der Waals surface area contributed by atoms with E-state index in [1.54, 1.807) is 0 Å². The van der Waals surface area contributed by atoms with Crippen LogP contribution in [0.25, 0.3) is 0 Å². The maximum Gasteiger partial charge on any atom is 0.417 e. The third-order valence-electron chi connectivity index (χ3n) is 3.45. The van der Waals surface area contributed by atoms with Gasteiger partial charge in [0, 0.05) is 19.6 Å². The summed E-state index contributed by atoms with van der Waals surface area (Å²) in [6.45, 7) is 0.971. The molecule has 22 heavy (non-hydrogen) atoms. The van der Waals surface area contributed by atoms with Gasteiger partial charge in [-0.25, -0.2) is 12.8 Å². The molecular weight excluding hydrogens is 348 g/mol. The van der Waals surface area contributed by atoms with Gasteiger partial charge in [-0.15, -0.1) is 12.4 Å². The summed E-state index contributed by atoms with van der Waals surface area (Å²) in [4.78, 5) is -0.925. The molecule has 1 atom stereocenters. The Morgan fingerprint density at radius 3 is 2.45 bits per heavy atom. The van der Waals surface area contributed by atoms with E-state index in [-0.39, 0.29) is 18.5 Å². The third-order valence-corrected chi connectivity index (χ3v) is 5.42. The summed E-state index contributed by atoms with van der Waals surface area (Å²) in [6, 6.07) is 1.16. The fraction of sp³-hybridized carbons (Fsp3) is 0.500. The van der Waals surface area contributed by atoms with Crippen LogP contribution < -0.4 is 5.32 Å². The summed E-state index contributed by atoms with van der Waals surface area (Å²) in [5, 5.41) is 2.94.